The van der Waals surface area contributed by atoms with Crippen molar-refractivity contribution in [3.05, 3.63) is 68.7 Å². The lowest BCUT2D eigenvalue weighted by atomic mass is 9.89. The quantitative estimate of drug-likeness (QED) is 0.865. The van der Waals surface area contributed by atoms with Gasteiger partial charge in [-0.2, -0.15) is 0 Å². The van der Waals surface area contributed by atoms with Gasteiger partial charge < -0.3 is 10.8 Å². The monoisotopic (exact) mass is 353 g/mol. The van der Waals surface area contributed by atoms with Crippen LogP contribution in [0.4, 0.5) is 0 Å². The summed E-state index contributed by atoms with van der Waals surface area (Å²) in [4.78, 5) is 0. The summed E-state index contributed by atoms with van der Waals surface area (Å²) in [6.07, 6.45) is -0.674. The molecule has 0 radical (unpaired) electrons. The van der Waals surface area contributed by atoms with Crippen molar-refractivity contribution in [1.82, 2.24) is 0 Å². The fourth-order valence-corrected chi connectivity index (χ4v) is 2.82. The van der Waals surface area contributed by atoms with Crippen LogP contribution in [0, 0.1) is 6.92 Å². The third-order valence-corrected chi connectivity index (χ3v) is 4.35. The van der Waals surface area contributed by atoms with Crippen LogP contribution in [0.3, 0.4) is 0 Å². The first-order valence-electron chi connectivity index (χ1n) is 6.42. The van der Waals surface area contributed by atoms with Crippen LogP contribution in [0.1, 0.15) is 28.7 Å². The Bertz CT molecular complexity index is 603. The highest BCUT2D eigenvalue weighted by molar-refractivity contribution is 9.10. The maximum atomic E-state index is 10.6. The first kappa shape index (κ1) is 15.5. The molecule has 2 aromatic carbocycles. The van der Waals surface area contributed by atoms with Crippen LogP contribution in [0.25, 0.3) is 0 Å². The number of halogens is 2. The number of hydrogen-bond donors (Lipinski definition) is 2. The van der Waals surface area contributed by atoms with Crippen molar-refractivity contribution in [2.45, 2.75) is 18.9 Å². The van der Waals surface area contributed by atoms with E-state index in [-0.39, 0.29) is 5.92 Å². The van der Waals surface area contributed by atoms with E-state index in [1.807, 2.05) is 49.4 Å². The molecule has 0 aromatic heterocycles. The van der Waals surface area contributed by atoms with Gasteiger partial charge in [0.05, 0.1) is 6.10 Å². The van der Waals surface area contributed by atoms with Gasteiger partial charge in [0, 0.05) is 22.0 Å². The fourth-order valence-electron chi connectivity index (χ4n) is 2.21. The summed E-state index contributed by atoms with van der Waals surface area (Å²) in [7, 11) is 0. The Kier molecular flexibility index (Phi) is 5.22. The molecule has 0 aliphatic rings. The van der Waals surface area contributed by atoms with E-state index in [1.165, 1.54) is 0 Å². The minimum absolute atomic E-state index is 0.161. The molecule has 106 valence electrons. The SMILES string of the molecule is Cc1ccc(C(O)C(CN)c2cccc(Br)c2)cc1Cl. The number of benzene rings is 2. The molecule has 0 aliphatic heterocycles. The summed E-state index contributed by atoms with van der Waals surface area (Å²) < 4.78 is 0.975. The zero-order valence-corrected chi connectivity index (χ0v) is 13.5. The first-order chi connectivity index (χ1) is 9.52. The van der Waals surface area contributed by atoms with Crippen LogP contribution in [0.5, 0.6) is 0 Å². The lowest BCUT2D eigenvalue weighted by molar-refractivity contribution is 0.147. The molecule has 0 fully saturated rings. The van der Waals surface area contributed by atoms with E-state index >= 15 is 0 Å². The fraction of sp³-hybridized carbons (Fsp3) is 0.250. The van der Waals surface area contributed by atoms with Gasteiger partial charge in [-0.25, -0.2) is 0 Å². The Morgan fingerprint density at radius 2 is 1.95 bits per heavy atom. The zero-order valence-electron chi connectivity index (χ0n) is 11.2. The Balaban J connectivity index is 2.33. The van der Waals surface area contributed by atoms with Gasteiger partial charge >= 0.3 is 0 Å². The molecule has 0 bridgehead atoms. The van der Waals surface area contributed by atoms with Crippen LogP contribution in [-0.4, -0.2) is 11.7 Å². The molecule has 0 amide bonds. The van der Waals surface area contributed by atoms with Gasteiger partial charge in [0.15, 0.2) is 0 Å². The van der Waals surface area contributed by atoms with Crippen LogP contribution < -0.4 is 5.73 Å². The molecule has 2 rings (SSSR count). The molecule has 3 N–H and O–H groups in total. The van der Waals surface area contributed by atoms with Gasteiger partial charge in [0.1, 0.15) is 0 Å². The Morgan fingerprint density at radius 1 is 1.20 bits per heavy atom. The molecule has 2 aromatic rings. The second-order valence-electron chi connectivity index (χ2n) is 4.85. The highest BCUT2D eigenvalue weighted by Crippen LogP contribution is 2.33. The van der Waals surface area contributed by atoms with Gasteiger partial charge in [-0.3, -0.25) is 0 Å². The van der Waals surface area contributed by atoms with Gasteiger partial charge in [0.2, 0.25) is 0 Å². The van der Waals surface area contributed by atoms with Crippen molar-refractivity contribution in [1.29, 1.82) is 0 Å². The average Bonchev–Trinajstić information content (AvgIpc) is 2.42. The molecule has 2 unspecified atom stereocenters. The van der Waals surface area contributed by atoms with Gasteiger partial charge in [0.25, 0.3) is 0 Å². The van der Waals surface area contributed by atoms with Crippen molar-refractivity contribution in [2.75, 3.05) is 6.54 Å². The maximum absolute atomic E-state index is 10.6. The van der Waals surface area contributed by atoms with Gasteiger partial charge in [-0.05, 0) is 41.8 Å². The van der Waals surface area contributed by atoms with Crippen molar-refractivity contribution >= 4 is 27.5 Å². The smallest absolute Gasteiger partial charge is 0.0871 e. The van der Waals surface area contributed by atoms with E-state index in [9.17, 15) is 5.11 Å². The second-order valence-corrected chi connectivity index (χ2v) is 6.17. The molecular formula is C16H17BrClNO. The topological polar surface area (TPSA) is 46.2 Å². The molecule has 0 saturated carbocycles. The van der Waals surface area contributed by atoms with Crippen LogP contribution in [-0.2, 0) is 0 Å². The predicted molar refractivity (Wildman–Crippen MR) is 87.1 cm³/mol. The van der Waals surface area contributed by atoms with E-state index in [2.05, 4.69) is 15.9 Å². The van der Waals surface area contributed by atoms with Crippen LogP contribution >= 0.6 is 27.5 Å². The Hall–Kier alpha value is -0.870. The van der Waals surface area contributed by atoms with Crippen molar-refractivity contribution in [2.24, 2.45) is 5.73 Å². The van der Waals surface area contributed by atoms with Gasteiger partial charge in [-0.15, -0.1) is 0 Å². The molecule has 4 heteroatoms. The number of aliphatic hydroxyl groups excluding tert-OH is 1. The highest BCUT2D eigenvalue weighted by Gasteiger charge is 2.22. The predicted octanol–water partition coefficient (Wildman–Crippen LogP) is 4.19. The van der Waals surface area contributed by atoms with Gasteiger partial charge in [-0.1, -0.05) is 51.8 Å². The van der Waals surface area contributed by atoms with E-state index in [1.54, 1.807) is 0 Å². The van der Waals surface area contributed by atoms with Crippen molar-refractivity contribution in [3.8, 4) is 0 Å². The minimum Gasteiger partial charge on any atom is -0.388 e. The number of nitrogens with two attached hydrogens (primary N) is 1. The third kappa shape index (κ3) is 3.41. The molecule has 2 nitrogen and oxygen atoms in total. The largest absolute Gasteiger partial charge is 0.388 e. The standard InChI is InChI=1S/C16H17BrClNO/c1-10-5-6-12(8-15(10)18)16(20)14(9-19)11-3-2-4-13(17)7-11/h2-8,14,16,20H,9,19H2,1H3. The molecular weight excluding hydrogens is 338 g/mol. The summed E-state index contributed by atoms with van der Waals surface area (Å²) in [5.41, 5.74) is 8.64. The summed E-state index contributed by atoms with van der Waals surface area (Å²) in [5.74, 6) is -0.161. The summed E-state index contributed by atoms with van der Waals surface area (Å²) in [5, 5.41) is 11.2. The molecule has 2 atom stereocenters. The Labute approximate surface area is 132 Å². The van der Waals surface area contributed by atoms with Crippen LogP contribution in [0.2, 0.25) is 5.02 Å². The lowest BCUT2D eigenvalue weighted by Crippen LogP contribution is -2.20. The maximum Gasteiger partial charge on any atom is 0.0871 e. The zero-order chi connectivity index (χ0) is 14.7. The Morgan fingerprint density at radius 3 is 2.55 bits per heavy atom. The van der Waals surface area contributed by atoms with E-state index in [0.717, 1.165) is 21.2 Å². The van der Waals surface area contributed by atoms with E-state index in [0.29, 0.717) is 11.6 Å². The normalized spacial score (nSPS) is 14.1. The molecule has 0 aliphatic carbocycles. The van der Waals surface area contributed by atoms with Crippen molar-refractivity contribution in [3.63, 3.8) is 0 Å². The minimum atomic E-state index is -0.674. The molecule has 0 saturated heterocycles. The highest BCUT2D eigenvalue weighted by atomic mass is 79.9. The van der Waals surface area contributed by atoms with E-state index < -0.39 is 6.10 Å². The third-order valence-electron chi connectivity index (χ3n) is 3.45. The summed E-state index contributed by atoms with van der Waals surface area (Å²) >= 11 is 9.57. The molecule has 20 heavy (non-hydrogen) atoms. The average molecular weight is 355 g/mol. The van der Waals surface area contributed by atoms with Crippen molar-refractivity contribution < 1.29 is 5.11 Å². The number of hydrogen-bond acceptors (Lipinski definition) is 2. The molecule has 0 heterocycles. The number of aliphatic hydroxyl groups is 1. The van der Waals surface area contributed by atoms with E-state index in [4.69, 9.17) is 17.3 Å². The summed E-state index contributed by atoms with van der Waals surface area (Å²) in [6.45, 7) is 2.30. The lowest BCUT2D eigenvalue weighted by Gasteiger charge is -2.23. The second kappa shape index (κ2) is 6.72. The number of rotatable bonds is 4. The molecule has 0 spiro atoms. The first-order valence-corrected chi connectivity index (χ1v) is 7.59. The summed E-state index contributed by atoms with van der Waals surface area (Å²) in [6, 6.07) is 13.5. The van der Waals surface area contributed by atoms with Crippen LogP contribution in [0.15, 0.2) is 46.9 Å². The number of aryl methyl sites for hydroxylation is 1.